The first-order valence-electron chi connectivity index (χ1n) is 7.66. The van der Waals surface area contributed by atoms with E-state index in [1.54, 1.807) is 11.8 Å². The lowest BCUT2D eigenvalue weighted by Gasteiger charge is -2.15. The van der Waals surface area contributed by atoms with Crippen molar-refractivity contribution in [3.63, 3.8) is 0 Å². The van der Waals surface area contributed by atoms with Gasteiger partial charge in [0.2, 0.25) is 0 Å². The minimum atomic E-state index is 0.0289. The van der Waals surface area contributed by atoms with Crippen LogP contribution in [0.4, 0.5) is 0 Å². The smallest absolute Gasteiger partial charge is 0.163 e. The van der Waals surface area contributed by atoms with Gasteiger partial charge in [0.25, 0.3) is 0 Å². The Hall–Kier alpha value is -1.52. The predicted octanol–water partition coefficient (Wildman–Crippen LogP) is 5.04. The predicted molar refractivity (Wildman–Crippen MR) is 97.0 cm³/mol. The van der Waals surface area contributed by atoms with Crippen molar-refractivity contribution in [3.05, 3.63) is 59.2 Å². The molecule has 0 atom stereocenters. The highest BCUT2D eigenvalue weighted by molar-refractivity contribution is 8.05. The molecule has 0 N–H and O–H groups in total. The zero-order valence-corrected chi connectivity index (χ0v) is 14.6. The molecular formula is C19H18O2S2. The number of hydrogen-bond donors (Lipinski definition) is 0. The number of ketones is 2. The number of hydrogen-bond acceptors (Lipinski definition) is 4. The maximum absolute atomic E-state index is 12.4. The summed E-state index contributed by atoms with van der Waals surface area (Å²) in [4.78, 5) is 27.0. The van der Waals surface area contributed by atoms with E-state index in [0.29, 0.717) is 5.56 Å². The molecule has 0 saturated heterocycles. The van der Waals surface area contributed by atoms with Gasteiger partial charge in [-0.15, -0.1) is 23.5 Å². The molecule has 2 aromatic carbocycles. The van der Waals surface area contributed by atoms with Gasteiger partial charge >= 0.3 is 0 Å². The van der Waals surface area contributed by atoms with Crippen molar-refractivity contribution in [3.8, 4) is 0 Å². The molecule has 1 heterocycles. The molecule has 4 heteroatoms. The molecule has 0 radical (unpaired) electrons. The van der Waals surface area contributed by atoms with Crippen molar-refractivity contribution in [2.24, 2.45) is 0 Å². The van der Waals surface area contributed by atoms with E-state index in [2.05, 4.69) is 0 Å². The van der Waals surface area contributed by atoms with E-state index in [1.807, 2.05) is 61.2 Å². The SMILES string of the molecule is Cc1ccc(C(=O)CCC(=O)c2ccc3c(c2)SCCS3)cc1. The first kappa shape index (κ1) is 16.3. The van der Waals surface area contributed by atoms with Crippen LogP contribution in [0.25, 0.3) is 0 Å². The molecule has 2 aromatic rings. The van der Waals surface area contributed by atoms with Gasteiger partial charge in [-0.2, -0.15) is 0 Å². The second-order valence-corrected chi connectivity index (χ2v) is 7.84. The van der Waals surface area contributed by atoms with Crippen LogP contribution >= 0.6 is 23.5 Å². The summed E-state index contributed by atoms with van der Waals surface area (Å²) in [6.07, 6.45) is 0.532. The number of benzene rings is 2. The highest BCUT2D eigenvalue weighted by atomic mass is 32.2. The van der Waals surface area contributed by atoms with Gasteiger partial charge in [0.1, 0.15) is 0 Å². The summed E-state index contributed by atoms with van der Waals surface area (Å²) in [5.41, 5.74) is 2.53. The van der Waals surface area contributed by atoms with Gasteiger partial charge in [0, 0.05) is 45.3 Å². The second-order valence-electron chi connectivity index (χ2n) is 5.57. The van der Waals surface area contributed by atoms with E-state index < -0.39 is 0 Å². The molecule has 0 bridgehead atoms. The molecular weight excluding hydrogens is 324 g/mol. The summed E-state index contributed by atoms with van der Waals surface area (Å²) in [7, 11) is 0. The topological polar surface area (TPSA) is 34.1 Å². The van der Waals surface area contributed by atoms with E-state index in [-0.39, 0.29) is 24.4 Å². The summed E-state index contributed by atoms with van der Waals surface area (Å²) in [5, 5.41) is 0. The van der Waals surface area contributed by atoms with Crippen molar-refractivity contribution in [1.29, 1.82) is 0 Å². The first-order chi connectivity index (χ1) is 11.1. The summed E-state index contributed by atoms with van der Waals surface area (Å²) in [5.74, 6) is 2.28. The van der Waals surface area contributed by atoms with Crippen molar-refractivity contribution in [2.75, 3.05) is 11.5 Å². The standard InChI is InChI=1S/C19H18O2S2/c1-13-2-4-14(5-3-13)16(20)7-8-17(21)15-6-9-18-19(12-15)23-11-10-22-18/h2-6,9,12H,7-8,10-11H2,1H3. The van der Waals surface area contributed by atoms with Gasteiger partial charge in [-0.05, 0) is 19.1 Å². The number of thioether (sulfide) groups is 2. The Kier molecular flexibility index (Phi) is 5.23. The lowest BCUT2D eigenvalue weighted by molar-refractivity contribution is 0.0917. The molecule has 1 aliphatic rings. The van der Waals surface area contributed by atoms with Gasteiger partial charge < -0.3 is 0 Å². The Balaban J connectivity index is 1.63. The number of rotatable bonds is 5. The number of aryl methyl sites for hydroxylation is 1. The fraction of sp³-hybridized carbons (Fsp3) is 0.263. The molecule has 0 fully saturated rings. The monoisotopic (exact) mass is 342 g/mol. The van der Waals surface area contributed by atoms with Crippen LogP contribution in [0, 0.1) is 6.92 Å². The van der Waals surface area contributed by atoms with Crippen molar-refractivity contribution in [1.82, 2.24) is 0 Å². The van der Waals surface area contributed by atoms with Gasteiger partial charge in [0.05, 0.1) is 0 Å². The van der Waals surface area contributed by atoms with E-state index in [4.69, 9.17) is 0 Å². The van der Waals surface area contributed by atoms with Crippen LogP contribution in [0.5, 0.6) is 0 Å². The third-order valence-electron chi connectivity index (χ3n) is 3.82. The Labute approximate surface area is 145 Å². The number of Topliss-reactive ketones (excluding diaryl/α,β-unsaturated/α-hetero) is 2. The highest BCUT2D eigenvalue weighted by Gasteiger charge is 2.15. The lowest BCUT2D eigenvalue weighted by atomic mass is 10.0. The van der Waals surface area contributed by atoms with Gasteiger partial charge in [-0.1, -0.05) is 35.9 Å². The highest BCUT2D eigenvalue weighted by Crippen LogP contribution is 2.37. The van der Waals surface area contributed by atoms with Gasteiger partial charge in [-0.3, -0.25) is 9.59 Å². The number of fused-ring (bicyclic) bond motifs is 1. The molecule has 0 amide bonds. The van der Waals surface area contributed by atoms with E-state index in [9.17, 15) is 9.59 Å². The van der Waals surface area contributed by atoms with Crippen LogP contribution in [0.3, 0.4) is 0 Å². The molecule has 0 aliphatic carbocycles. The Morgan fingerprint density at radius 1 is 0.826 bits per heavy atom. The normalized spacial score (nSPS) is 13.4. The van der Waals surface area contributed by atoms with Crippen LogP contribution in [0.2, 0.25) is 0 Å². The fourth-order valence-electron chi connectivity index (χ4n) is 2.47. The van der Waals surface area contributed by atoms with Crippen LogP contribution < -0.4 is 0 Å². The molecule has 23 heavy (non-hydrogen) atoms. The molecule has 1 aliphatic heterocycles. The fourth-order valence-corrected chi connectivity index (χ4v) is 4.72. The average molecular weight is 342 g/mol. The van der Waals surface area contributed by atoms with Crippen LogP contribution in [-0.4, -0.2) is 23.1 Å². The largest absolute Gasteiger partial charge is 0.294 e. The van der Waals surface area contributed by atoms with Gasteiger partial charge in [0.15, 0.2) is 11.6 Å². The minimum Gasteiger partial charge on any atom is -0.294 e. The molecule has 0 unspecified atom stereocenters. The van der Waals surface area contributed by atoms with E-state index in [0.717, 1.165) is 22.6 Å². The van der Waals surface area contributed by atoms with Crippen molar-refractivity contribution >= 4 is 35.1 Å². The quantitative estimate of drug-likeness (QED) is 0.713. The number of carbonyl (C=O) groups is 2. The Morgan fingerprint density at radius 2 is 1.39 bits per heavy atom. The summed E-state index contributed by atoms with van der Waals surface area (Å²) < 4.78 is 0. The lowest BCUT2D eigenvalue weighted by Crippen LogP contribution is -2.06. The zero-order chi connectivity index (χ0) is 16.2. The zero-order valence-electron chi connectivity index (χ0n) is 13.0. The van der Waals surface area contributed by atoms with Crippen LogP contribution in [0.15, 0.2) is 52.3 Å². The molecule has 3 rings (SSSR count). The maximum Gasteiger partial charge on any atom is 0.163 e. The third kappa shape index (κ3) is 4.06. The molecule has 0 saturated carbocycles. The Bertz CT molecular complexity index is 736. The van der Waals surface area contributed by atoms with Crippen LogP contribution in [-0.2, 0) is 0 Å². The van der Waals surface area contributed by atoms with Gasteiger partial charge in [-0.25, -0.2) is 0 Å². The second kappa shape index (κ2) is 7.37. The minimum absolute atomic E-state index is 0.0289. The number of carbonyl (C=O) groups excluding carboxylic acids is 2. The molecule has 0 aromatic heterocycles. The van der Waals surface area contributed by atoms with E-state index in [1.165, 1.54) is 9.79 Å². The maximum atomic E-state index is 12.4. The van der Waals surface area contributed by atoms with Crippen molar-refractivity contribution in [2.45, 2.75) is 29.6 Å². The molecule has 2 nitrogen and oxygen atoms in total. The average Bonchev–Trinajstić information content (AvgIpc) is 2.59. The van der Waals surface area contributed by atoms with Crippen molar-refractivity contribution < 1.29 is 9.59 Å². The van der Waals surface area contributed by atoms with E-state index >= 15 is 0 Å². The summed E-state index contributed by atoms with van der Waals surface area (Å²) >= 11 is 3.64. The Morgan fingerprint density at radius 3 is 2.09 bits per heavy atom. The molecule has 118 valence electrons. The third-order valence-corrected chi connectivity index (χ3v) is 6.34. The van der Waals surface area contributed by atoms with Crippen LogP contribution in [0.1, 0.15) is 39.1 Å². The summed E-state index contributed by atoms with van der Waals surface area (Å²) in [6.45, 7) is 1.99. The first-order valence-corrected chi connectivity index (χ1v) is 9.63. The summed E-state index contributed by atoms with van der Waals surface area (Å²) in [6, 6.07) is 13.4. The molecule has 0 spiro atoms.